The molecule has 1 heterocycles. The Morgan fingerprint density at radius 1 is 1.50 bits per heavy atom. The molecular weight excluding hydrogens is 235 g/mol. The molecular formula is C13H15FN2O2. The highest BCUT2D eigenvalue weighted by Crippen LogP contribution is 2.26. The second-order valence-corrected chi connectivity index (χ2v) is 3.96. The normalized spacial score (nSPS) is 11.7. The molecule has 96 valence electrons. The Labute approximate surface area is 104 Å². The largest absolute Gasteiger partial charge is 0.494 e. The second-order valence-electron chi connectivity index (χ2n) is 3.96. The minimum Gasteiger partial charge on any atom is -0.494 e. The van der Waals surface area contributed by atoms with Crippen molar-refractivity contribution < 1.29 is 14.2 Å². The van der Waals surface area contributed by atoms with E-state index in [9.17, 15) is 9.50 Å². The summed E-state index contributed by atoms with van der Waals surface area (Å²) < 4.78 is 18.1. The molecule has 0 saturated heterocycles. The minimum absolute atomic E-state index is 0.00564. The zero-order chi connectivity index (χ0) is 13.0. The number of aromatic amines is 1. The van der Waals surface area contributed by atoms with Gasteiger partial charge in [-0.1, -0.05) is 0 Å². The van der Waals surface area contributed by atoms with Gasteiger partial charge in [-0.25, -0.2) is 4.39 Å². The lowest BCUT2D eigenvalue weighted by Crippen LogP contribution is -1.91. The predicted molar refractivity (Wildman–Crippen MR) is 68.9 cm³/mol. The molecule has 2 rings (SSSR count). The number of nitrogens with one attached hydrogen (secondary N) is 1. The van der Waals surface area contributed by atoms with Gasteiger partial charge in [0.15, 0.2) is 5.88 Å². The SMILES string of the molecule is COCCCN=Cc1c(O)[nH]c2ccc(F)cc12. The molecule has 1 aromatic heterocycles. The van der Waals surface area contributed by atoms with Gasteiger partial charge in [-0.3, -0.25) is 4.99 Å². The first-order chi connectivity index (χ1) is 8.72. The van der Waals surface area contributed by atoms with Gasteiger partial charge >= 0.3 is 0 Å². The number of halogens is 1. The number of hydrogen-bond donors (Lipinski definition) is 2. The van der Waals surface area contributed by atoms with Gasteiger partial charge in [-0.05, 0) is 24.6 Å². The average molecular weight is 250 g/mol. The van der Waals surface area contributed by atoms with Crippen LogP contribution < -0.4 is 0 Å². The lowest BCUT2D eigenvalue weighted by Gasteiger charge is -1.95. The standard InChI is InChI=1S/C13H15FN2O2/c1-18-6-2-5-15-8-11-10-7-9(14)3-4-12(10)16-13(11)17/h3-4,7-8,16-17H,2,5-6H2,1H3. The van der Waals surface area contributed by atoms with E-state index >= 15 is 0 Å². The van der Waals surface area contributed by atoms with Gasteiger partial charge in [0.05, 0.1) is 5.56 Å². The minimum atomic E-state index is -0.337. The van der Waals surface area contributed by atoms with Crippen LogP contribution in [-0.2, 0) is 4.74 Å². The lowest BCUT2D eigenvalue weighted by molar-refractivity contribution is 0.197. The first kappa shape index (κ1) is 12.6. The van der Waals surface area contributed by atoms with E-state index in [0.717, 1.165) is 6.42 Å². The van der Waals surface area contributed by atoms with Crippen LogP contribution in [0, 0.1) is 5.82 Å². The van der Waals surface area contributed by atoms with Crippen LogP contribution in [-0.4, -0.2) is 36.6 Å². The summed E-state index contributed by atoms with van der Waals surface area (Å²) in [5.74, 6) is -0.332. The average Bonchev–Trinajstić information content (AvgIpc) is 2.65. The summed E-state index contributed by atoms with van der Waals surface area (Å²) in [6.45, 7) is 1.25. The van der Waals surface area contributed by atoms with Gasteiger partial charge in [0.25, 0.3) is 0 Å². The topological polar surface area (TPSA) is 57.6 Å². The summed E-state index contributed by atoms with van der Waals surface area (Å²) in [7, 11) is 1.64. The quantitative estimate of drug-likeness (QED) is 0.632. The molecule has 0 atom stereocenters. The van der Waals surface area contributed by atoms with Gasteiger partial charge in [0.2, 0.25) is 0 Å². The number of benzene rings is 1. The van der Waals surface area contributed by atoms with Crippen LogP contribution in [0.5, 0.6) is 5.88 Å². The number of aromatic nitrogens is 1. The highest BCUT2D eigenvalue weighted by molar-refractivity contribution is 6.01. The molecule has 0 spiro atoms. The molecule has 0 aliphatic rings. The van der Waals surface area contributed by atoms with E-state index in [0.29, 0.717) is 29.6 Å². The van der Waals surface area contributed by atoms with Crippen molar-refractivity contribution in [2.75, 3.05) is 20.3 Å². The highest BCUT2D eigenvalue weighted by Gasteiger charge is 2.09. The Morgan fingerprint density at radius 3 is 3.11 bits per heavy atom. The molecule has 0 bridgehead atoms. The summed E-state index contributed by atoms with van der Waals surface area (Å²) in [4.78, 5) is 6.96. The molecule has 0 radical (unpaired) electrons. The fraction of sp³-hybridized carbons (Fsp3) is 0.308. The molecule has 1 aromatic carbocycles. The van der Waals surface area contributed by atoms with Crippen molar-refractivity contribution in [3.05, 3.63) is 29.6 Å². The summed E-state index contributed by atoms with van der Waals surface area (Å²) in [5.41, 5.74) is 1.20. The van der Waals surface area contributed by atoms with Crippen LogP contribution in [0.25, 0.3) is 10.9 Å². The Balaban J connectivity index is 2.21. The number of aliphatic imine (C=N–C) groups is 1. The van der Waals surface area contributed by atoms with E-state index in [1.807, 2.05) is 0 Å². The van der Waals surface area contributed by atoms with Crippen molar-refractivity contribution in [3.8, 4) is 5.88 Å². The van der Waals surface area contributed by atoms with Crippen LogP contribution in [0.4, 0.5) is 4.39 Å². The first-order valence-electron chi connectivity index (χ1n) is 5.71. The van der Waals surface area contributed by atoms with Gasteiger partial charge in [-0.15, -0.1) is 0 Å². The molecule has 0 aliphatic heterocycles. The van der Waals surface area contributed by atoms with E-state index in [4.69, 9.17) is 4.74 Å². The van der Waals surface area contributed by atoms with Crippen molar-refractivity contribution in [2.45, 2.75) is 6.42 Å². The maximum atomic E-state index is 13.2. The molecule has 4 nitrogen and oxygen atoms in total. The Morgan fingerprint density at radius 2 is 2.33 bits per heavy atom. The molecule has 0 fully saturated rings. The van der Waals surface area contributed by atoms with Crippen LogP contribution >= 0.6 is 0 Å². The summed E-state index contributed by atoms with van der Waals surface area (Å²) >= 11 is 0. The maximum Gasteiger partial charge on any atom is 0.198 e. The third-order valence-corrected chi connectivity index (χ3v) is 2.64. The lowest BCUT2D eigenvalue weighted by atomic mass is 10.2. The molecule has 18 heavy (non-hydrogen) atoms. The molecule has 2 aromatic rings. The van der Waals surface area contributed by atoms with Gasteiger partial charge in [0.1, 0.15) is 5.82 Å². The molecule has 0 amide bonds. The van der Waals surface area contributed by atoms with Gasteiger partial charge in [0, 0.05) is 37.4 Å². The summed E-state index contributed by atoms with van der Waals surface area (Å²) in [5, 5.41) is 10.4. The number of hydrogen-bond acceptors (Lipinski definition) is 3. The van der Waals surface area contributed by atoms with E-state index in [-0.39, 0.29) is 11.7 Å². The fourth-order valence-corrected chi connectivity index (χ4v) is 1.76. The van der Waals surface area contributed by atoms with Crippen LogP contribution in [0.15, 0.2) is 23.2 Å². The number of nitrogens with zero attached hydrogens (tertiary/aromatic N) is 1. The van der Waals surface area contributed by atoms with Crippen LogP contribution in [0.3, 0.4) is 0 Å². The zero-order valence-electron chi connectivity index (χ0n) is 10.1. The Kier molecular flexibility index (Phi) is 3.94. The third kappa shape index (κ3) is 2.68. The number of H-pyrrole nitrogens is 1. The third-order valence-electron chi connectivity index (χ3n) is 2.64. The van der Waals surface area contributed by atoms with E-state index < -0.39 is 0 Å². The number of rotatable bonds is 5. The second kappa shape index (κ2) is 5.64. The molecule has 0 aliphatic carbocycles. The highest BCUT2D eigenvalue weighted by atomic mass is 19.1. The van der Waals surface area contributed by atoms with Crippen molar-refractivity contribution in [2.24, 2.45) is 4.99 Å². The molecule has 0 saturated carbocycles. The van der Waals surface area contributed by atoms with Crippen molar-refractivity contribution in [3.63, 3.8) is 0 Å². The van der Waals surface area contributed by atoms with Crippen molar-refractivity contribution in [1.29, 1.82) is 0 Å². The van der Waals surface area contributed by atoms with Crippen LogP contribution in [0.2, 0.25) is 0 Å². The van der Waals surface area contributed by atoms with Crippen molar-refractivity contribution >= 4 is 17.1 Å². The number of ether oxygens (including phenoxy) is 1. The Hall–Kier alpha value is -1.88. The number of methoxy groups -OCH3 is 1. The first-order valence-corrected chi connectivity index (χ1v) is 5.71. The number of aromatic hydroxyl groups is 1. The Bertz CT molecular complexity index is 563. The number of fused-ring (bicyclic) bond motifs is 1. The van der Waals surface area contributed by atoms with Crippen LogP contribution in [0.1, 0.15) is 12.0 Å². The molecule has 2 N–H and O–H groups in total. The fourth-order valence-electron chi connectivity index (χ4n) is 1.76. The van der Waals surface area contributed by atoms with E-state index in [1.165, 1.54) is 12.1 Å². The monoisotopic (exact) mass is 250 g/mol. The summed E-state index contributed by atoms with van der Waals surface area (Å²) in [6.07, 6.45) is 2.37. The van der Waals surface area contributed by atoms with Gasteiger partial charge < -0.3 is 14.8 Å². The zero-order valence-corrected chi connectivity index (χ0v) is 10.1. The van der Waals surface area contributed by atoms with E-state index in [2.05, 4.69) is 9.98 Å². The molecule has 0 unspecified atom stereocenters. The van der Waals surface area contributed by atoms with Gasteiger partial charge in [-0.2, -0.15) is 0 Å². The molecule has 5 heteroatoms. The maximum absolute atomic E-state index is 13.2. The summed E-state index contributed by atoms with van der Waals surface area (Å²) in [6, 6.07) is 4.31. The smallest absolute Gasteiger partial charge is 0.198 e. The predicted octanol–water partition coefficient (Wildman–Crippen LogP) is 2.47. The van der Waals surface area contributed by atoms with E-state index in [1.54, 1.807) is 19.4 Å². The van der Waals surface area contributed by atoms with Crippen molar-refractivity contribution in [1.82, 2.24) is 4.98 Å².